The summed E-state index contributed by atoms with van der Waals surface area (Å²) in [6.45, 7) is 5.14. The molecule has 3 nitrogen and oxygen atoms in total. The minimum absolute atomic E-state index is 0.179. The standard InChI is InChI=1S/C19H19F2NO2/c1-19(2,3)24-17(23)12-22-18(13-4-8-15(20)9-5-13)14-6-10-16(21)11-7-14/h4-11H,12H2,1-3H3. The average molecular weight is 331 g/mol. The maximum Gasteiger partial charge on any atom is 0.328 e. The molecule has 0 bridgehead atoms. The zero-order chi connectivity index (χ0) is 17.7. The second-order valence-electron chi connectivity index (χ2n) is 6.27. The smallest absolute Gasteiger partial charge is 0.328 e. The second-order valence-corrected chi connectivity index (χ2v) is 6.27. The number of hydrogen-bond acceptors (Lipinski definition) is 3. The molecule has 0 N–H and O–H groups in total. The fourth-order valence-corrected chi connectivity index (χ4v) is 2.08. The zero-order valence-electron chi connectivity index (χ0n) is 13.8. The summed E-state index contributed by atoms with van der Waals surface area (Å²) < 4.78 is 31.5. The van der Waals surface area contributed by atoms with E-state index in [-0.39, 0.29) is 18.2 Å². The summed E-state index contributed by atoms with van der Waals surface area (Å²) in [7, 11) is 0. The van der Waals surface area contributed by atoms with Gasteiger partial charge in [0.05, 0.1) is 5.71 Å². The quantitative estimate of drug-likeness (QED) is 0.624. The molecule has 0 saturated heterocycles. The Morgan fingerprint density at radius 1 is 0.917 bits per heavy atom. The third-order valence-corrected chi connectivity index (χ3v) is 3.02. The lowest BCUT2D eigenvalue weighted by atomic mass is 10.0. The Morgan fingerprint density at radius 2 is 1.33 bits per heavy atom. The molecular weight excluding hydrogens is 312 g/mol. The molecule has 0 heterocycles. The van der Waals surface area contributed by atoms with E-state index in [1.165, 1.54) is 24.3 Å². The molecule has 0 atom stereocenters. The highest BCUT2D eigenvalue weighted by molar-refractivity contribution is 6.13. The fraction of sp³-hybridized carbons (Fsp3) is 0.263. The normalized spacial score (nSPS) is 11.0. The van der Waals surface area contributed by atoms with E-state index in [0.29, 0.717) is 16.8 Å². The number of hydrogen-bond donors (Lipinski definition) is 0. The minimum atomic E-state index is -0.599. The molecule has 2 aromatic rings. The molecule has 0 fully saturated rings. The van der Waals surface area contributed by atoms with Crippen LogP contribution in [-0.4, -0.2) is 23.8 Å². The summed E-state index contributed by atoms with van der Waals surface area (Å²) in [6.07, 6.45) is 0. The summed E-state index contributed by atoms with van der Waals surface area (Å²) in [5.41, 5.74) is 1.14. The topological polar surface area (TPSA) is 38.7 Å². The van der Waals surface area contributed by atoms with Crippen molar-refractivity contribution in [3.8, 4) is 0 Å². The summed E-state index contributed by atoms with van der Waals surface area (Å²) in [5.74, 6) is -1.21. The van der Waals surface area contributed by atoms with Crippen LogP contribution in [0.1, 0.15) is 31.9 Å². The molecule has 0 radical (unpaired) electrons. The summed E-state index contributed by atoms with van der Waals surface area (Å²) in [4.78, 5) is 16.2. The van der Waals surface area contributed by atoms with Gasteiger partial charge >= 0.3 is 5.97 Å². The summed E-state index contributed by atoms with van der Waals surface area (Å²) in [6, 6.07) is 11.5. The summed E-state index contributed by atoms with van der Waals surface area (Å²) >= 11 is 0. The van der Waals surface area contributed by atoms with Gasteiger partial charge < -0.3 is 4.74 Å². The van der Waals surface area contributed by atoms with E-state index >= 15 is 0 Å². The van der Waals surface area contributed by atoms with Crippen LogP contribution in [0.2, 0.25) is 0 Å². The average Bonchev–Trinajstić information content (AvgIpc) is 2.49. The van der Waals surface area contributed by atoms with Crippen molar-refractivity contribution in [2.75, 3.05) is 6.54 Å². The van der Waals surface area contributed by atoms with Crippen molar-refractivity contribution in [2.45, 2.75) is 26.4 Å². The van der Waals surface area contributed by atoms with Gasteiger partial charge in [-0.05, 0) is 69.3 Å². The van der Waals surface area contributed by atoms with Gasteiger partial charge in [-0.25, -0.2) is 8.78 Å². The minimum Gasteiger partial charge on any atom is -0.459 e. The largest absolute Gasteiger partial charge is 0.459 e. The molecule has 0 saturated carbocycles. The number of esters is 1. The van der Waals surface area contributed by atoms with E-state index in [1.807, 2.05) is 0 Å². The van der Waals surface area contributed by atoms with Crippen molar-refractivity contribution in [1.29, 1.82) is 0 Å². The first kappa shape index (κ1) is 17.8. The molecule has 2 rings (SSSR count). The van der Waals surface area contributed by atoms with Gasteiger partial charge in [-0.2, -0.15) is 0 Å². The van der Waals surface area contributed by atoms with Gasteiger partial charge in [0.15, 0.2) is 0 Å². The Balaban J connectivity index is 2.32. The molecule has 5 heteroatoms. The van der Waals surface area contributed by atoms with Crippen LogP contribution in [0.15, 0.2) is 53.5 Å². The molecule has 0 spiro atoms. The van der Waals surface area contributed by atoms with Gasteiger partial charge in [-0.1, -0.05) is 0 Å². The lowest BCUT2D eigenvalue weighted by molar-refractivity contribution is -0.152. The highest BCUT2D eigenvalue weighted by Crippen LogP contribution is 2.14. The number of benzene rings is 2. The fourth-order valence-electron chi connectivity index (χ4n) is 2.08. The highest BCUT2D eigenvalue weighted by atomic mass is 19.1. The van der Waals surface area contributed by atoms with E-state index in [9.17, 15) is 13.6 Å². The van der Waals surface area contributed by atoms with Gasteiger partial charge in [0.25, 0.3) is 0 Å². The van der Waals surface area contributed by atoms with Gasteiger partial charge in [-0.15, -0.1) is 0 Å². The van der Waals surface area contributed by atoms with E-state index in [0.717, 1.165) is 0 Å². The van der Waals surface area contributed by atoms with Crippen molar-refractivity contribution >= 4 is 11.7 Å². The van der Waals surface area contributed by atoms with Gasteiger partial charge in [-0.3, -0.25) is 9.79 Å². The van der Waals surface area contributed by atoms with Crippen molar-refractivity contribution in [3.05, 3.63) is 71.3 Å². The van der Waals surface area contributed by atoms with Crippen molar-refractivity contribution in [1.82, 2.24) is 0 Å². The number of aliphatic imine (C=N–C) groups is 1. The molecule has 0 aliphatic carbocycles. The van der Waals surface area contributed by atoms with Crippen LogP contribution in [0.25, 0.3) is 0 Å². The summed E-state index contributed by atoms with van der Waals surface area (Å²) in [5, 5.41) is 0. The molecule has 126 valence electrons. The highest BCUT2D eigenvalue weighted by Gasteiger charge is 2.16. The van der Waals surface area contributed by atoms with Crippen LogP contribution in [-0.2, 0) is 9.53 Å². The van der Waals surface area contributed by atoms with Crippen molar-refractivity contribution in [2.24, 2.45) is 4.99 Å². The Hall–Kier alpha value is -2.56. The van der Waals surface area contributed by atoms with Crippen molar-refractivity contribution in [3.63, 3.8) is 0 Å². The van der Waals surface area contributed by atoms with Crippen LogP contribution in [0.3, 0.4) is 0 Å². The van der Waals surface area contributed by atoms with Crippen LogP contribution < -0.4 is 0 Å². The first-order valence-electron chi connectivity index (χ1n) is 7.53. The first-order valence-corrected chi connectivity index (χ1v) is 7.53. The van der Waals surface area contributed by atoms with Gasteiger partial charge in [0.2, 0.25) is 0 Å². The zero-order valence-corrected chi connectivity index (χ0v) is 13.8. The predicted molar refractivity (Wildman–Crippen MR) is 89.2 cm³/mol. The number of carbonyl (C=O) groups is 1. The molecule has 0 aliphatic heterocycles. The monoisotopic (exact) mass is 331 g/mol. The Bertz CT molecular complexity index is 682. The maximum absolute atomic E-state index is 13.1. The van der Waals surface area contributed by atoms with E-state index in [2.05, 4.69) is 4.99 Å². The van der Waals surface area contributed by atoms with E-state index in [1.54, 1.807) is 45.0 Å². The lowest BCUT2D eigenvalue weighted by Crippen LogP contribution is -2.25. The van der Waals surface area contributed by atoms with Crippen molar-refractivity contribution < 1.29 is 18.3 Å². The number of ether oxygens (including phenoxy) is 1. The Kier molecular flexibility index (Phi) is 5.44. The molecule has 0 aliphatic rings. The Morgan fingerprint density at radius 3 is 1.71 bits per heavy atom. The van der Waals surface area contributed by atoms with Crippen LogP contribution in [0, 0.1) is 11.6 Å². The second kappa shape index (κ2) is 7.34. The SMILES string of the molecule is CC(C)(C)OC(=O)CN=C(c1ccc(F)cc1)c1ccc(F)cc1. The van der Waals surface area contributed by atoms with Crippen LogP contribution in [0.5, 0.6) is 0 Å². The molecule has 2 aromatic carbocycles. The maximum atomic E-state index is 13.1. The van der Waals surface area contributed by atoms with Gasteiger partial charge in [0.1, 0.15) is 23.8 Å². The predicted octanol–water partition coefficient (Wildman–Crippen LogP) is 4.14. The molecule has 24 heavy (non-hydrogen) atoms. The number of halogens is 2. The van der Waals surface area contributed by atoms with E-state index < -0.39 is 11.6 Å². The lowest BCUT2D eigenvalue weighted by Gasteiger charge is -2.19. The van der Waals surface area contributed by atoms with Gasteiger partial charge in [0, 0.05) is 11.1 Å². The molecule has 0 amide bonds. The van der Waals surface area contributed by atoms with E-state index in [4.69, 9.17) is 4.74 Å². The number of nitrogens with zero attached hydrogens (tertiary/aromatic N) is 1. The molecule has 0 aromatic heterocycles. The first-order chi connectivity index (χ1) is 11.2. The third kappa shape index (κ3) is 5.26. The molecule has 0 unspecified atom stereocenters. The Labute approximate surface area is 140 Å². The van der Waals surface area contributed by atoms with Crippen LogP contribution in [0.4, 0.5) is 8.78 Å². The third-order valence-electron chi connectivity index (χ3n) is 3.02. The molecular formula is C19H19F2NO2. The van der Waals surface area contributed by atoms with Crippen LogP contribution >= 0.6 is 0 Å². The number of rotatable bonds is 4. The number of carbonyl (C=O) groups excluding carboxylic acids is 1.